The van der Waals surface area contributed by atoms with Crippen molar-refractivity contribution in [3.05, 3.63) is 206 Å². The number of aromatic nitrogens is 4. The van der Waals surface area contributed by atoms with Crippen molar-refractivity contribution in [3.8, 4) is 56.1 Å². The van der Waals surface area contributed by atoms with E-state index < -0.39 is 0 Å². The molecular weight excluding hydrogens is 681 g/mol. The van der Waals surface area contributed by atoms with Crippen LogP contribution in [0.5, 0.6) is 0 Å². The molecule has 56 heavy (non-hydrogen) atoms. The Hall–Kier alpha value is -7.56. The van der Waals surface area contributed by atoms with Crippen LogP contribution < -0.4 is 0 Å². The number of rotatable bonds is 6. The number of benzene rings is 7. The number of hydrogen-bond donors (Lipinski definition) is 0. The SMILES string of the molecule is c1ccc(-c2cc(-c3ccccc3)nc(-c3cccc(-n4c5cc(-c6ccc7c8ccccc8n(-c8ccccc8)c7c6)ccc5c5ncccc54)c3)c2)cc1. The summed E-state index contributed by atoms with van der Waals surface area (Å²) >= 11 is 0. The van der Waals surface area contributed by atoms with E-state index in [1.165, 1.54) is 21.8 Å². The largest absolute Gasteiger partial charge is 0.309 e. The monoisotopic (exact) mass is 714 g/mol. The summed E-state index contributed by atoms with van der Waals surface area (Å²) in [6, 6.07) is 71.3. The van der Waals surface area contributed by atoms with Gasteiger partial charge in [0.25, 0.3) is 0 Å². The lowest BCUT2D eigenvalue weighted by Gasteiger charge is -2.13. The van der Waals surface area contributed by atoms with Crippen LogP contribution in [0.15, 0.2) is 206 Å². The van der Waals surface area contributed by atoms with Crippen molar-refractivity contribution < 1.29 is 0 Å². The van der Waals surface area contributed by atoms with Crippen LogP contribution in [0.3, 0.4) is 0 Å². The Morgan fingerprint density at radius 2 is 0.857 bits per heavy atom. The van der Waals surface area contributed by atoms with Gasteiger partial charge in [-0.05, 0) is 95.1 Å². The van der Waals surface area contributed by atoms with Crippen molar-refractivity contribution in [1.82, 2.24) is 19.1 Å². The van der Waals surface area contributed by atoms with E-state index in [4.69, 9.17) is 9.97 Å². The summed E-state index contributed by atoms with van der Waals surface area (Å²) in [5.74, 6) is 0. The lowest BCUT2D eigenvalue weighted by Crippen LogP contribution is -1.96. The van der Waals surface area contributed by atoms with Gasteiger partial charge in [0, 0.05) is 44.9 Å². The second-order valence-corrected chi connectivity index (χ2v) is 14.3. The van der Waals surface area contributed by atoms with E-state index in [1.807, 2.05) is 18.3 Å². The normalized spacial score (nSPS) is 11.6. The van der Waals surface area contributed by atoms with Crippen molar-refractivity contribution in [1.29, 1.82) is 0 Å². The Morgan fingerprint density at radius 1 is 0.304 bits per heavy atom. The summed E-state index contributed by atoms with van der Waals surface area (Å²) in [6.07, 6.45) is 1.89. The van der Waals surface area contributed by atoms with Gasteiger partial charge < -0.3 is 9.13 Å². The molecule has 0 atom stereocenters. The molecule has 11 rings (SSSR count). The van der Waals surface area contributed by atoms with Crippen LogP contribution in [0, 0.1) is 0 Å². The van der Waals surface area contributed by atoms with Gasteiger partial charge in [0.2, 0.25) is 0 Å². The van der Waals surface area contributed by atoms with Crippen molar-refractivity contribution >= 4 is 43.7 Å². The summed E-state index contributed by atoms with van der Waals surface area (Å²) < 4.78 is 4.73. The van der Waals surface area contributed by atoms with Crippen LogP contribution >= 0.6 is 0 Å². The van der Waals surface area contributed by atoms with Crippen LogP contribution in [0.4, 0.5) is 0 Å². The van der Waals surface area contributed by atoms with Gasteiger partial charge in [-0.1, -0.05) is 127 Å². The van der Waals surface area contributed by atoms with Gasteiger partial charge in [0.05, 0.1) is 39.0 Å². The Kier molecular flexibility index (Phi) is 7.46. The lowest BCUT2D eigenvalue weighted by atomic mass is 10.00. The average molecular weight is 715 g/mol. The molecule has 0 amide bonds. The van der Waals surface area contributed by atoms with Crippen LogP contribution in [0.25, 0.3) is 99.9 Å². The second-order valence-electron chi connectivity index (χ2n) is 14.3. The maximum Gasteiger partial charge on any atom is 0.0963 e. The molecule has 4 nitrogen and oxygen atoms in total. The zero-order valence-corrected chi connectivity index (χ0v) is 30.4. The number of nitrogens with zero attached hydrogens (tertiary/aromatic N) is 4. The van der Waals surface area contributed by atoms with Gasteiger partial charge in [0.1, 0.15) is 0 Å². The summed E-state index contributed by atoms with van der Waals surface area (Å²) in [5.41, 5.74) is 16.3. The maximum atomic E-state index is 5.25. The van der Waals surface area contributed by atoms with E-state index in [2.05, 4.69) is 197 Å². The number of hydrogen-bond acceptors (Lipinski definition) is 2. The Labute approximate surface area is 324 Å². The molecular formula is C52H34N4. The molecule has 0 radical (unpaired) electrons. The fraction of sp³-hybridized carbons (Fsp3) is 0. The molecule has 4 aromatic heterocycles. The minimum Gasteiger partial charge on any atom is -0.309 e. The van der Waals surface area contributed by atoms with E-state index in [0.717, 1.165) is 78.1 Å². The van der Waals surface area contributed by atoms with Gasteiger partial charge in [0.15, 0.2) is 0 Å². The summed E-state index contributed by atoms with van der Waals surface area (Å²) in [4.78, 5) is 10.1. The third kappa shape index (κ3) is 5.31. The predicted octanol–water partition coefficient (Wildman–Crippen LogP) is 13.3. The first kappa shape index (κ1) is 31.9. The molecule has 0 aliphatic heterocycles. The van der Waals surface area contributed by atoms with E-state index >= 15 is 0 Å². The van der Waals surface area contributed by atoms with E-state index in [9.17, 15) is 0 Å². The minimum absolute atomic E-state index is 0.925. The molecule has 4 heterocycles. The quantitative estimate of drug-likeness (QED) is 0.172. The maximum absolute atomic E-state index is 5.25. The molecule has 0 saturated heterocycles. The third-order valence-electron chi connectivity index (χ3n) is 10.9. The van der Waals surface area contributed by atoms with Gasteiger partial charge in [-0.3, -0.25) is 4.98 Å². The lowest BCUT2D eigenvalue weighted by molar-refractivity contribution is 1.17. The first-order valence-electron chi connectivity index (χ1n) is 19.0. The van der Waals surface area contributed by atoms with Gasteiger partial charge in [-0.25, -0.2) is 4.98 Å². The average Bonchev–Trinajstić information content (AvgIpc) is 3.79. The molecule has 11 aromatic rings. The Morgan fingerprint density at radius 3 is 1.62 bits per heavy atom. The highest BCUT2D eigenvalue weighted by Crippen LogP contribution is 2.38. The first-order chi connectivity index (χ1) is 27.8. The van der Waals surface area contributed by atoms with Gasteiger partial charge >= 0.3 is 0 Å². The van der Waals surface area contributed by atoms with E-state index in [0.29, 0.717) is 0 Å². The smallest absolute Gasteiger partial charge is 0.0963 e. The molecule has 7 aromatic carbocycles. The number of fused-ring (bicyclic) bond motifs is 6. The fourth-order valence-electron chi connectivity index (χ4n) is 8.33. The highest BCUT2D eigenvalue weighted by atomic mass is 15.0. The van der Waals surface area contributed by atoms with Crippen molar-refractivity contribution in [2.24, 2.45) is 0 Å². The molecule has 0 saturated carbocycles. The van der Waals surface area contributed by atoms with E-state index in [-0.39, 0.29) is 0 Å². The summed E-state index contributed by atoms with van der Waals surface area (Å²) in [7, 11) is 0. The molecule has 0 aliphatic carbocycles. The molecule has 0 fully saturated rings. The number of para-hydroxylation sites is 2. The summed E-state index contributed by atoms with van der Waals surface area (Å²) in [6.45, 7) is 0. The van der Waals surface area contributed by atoms with Crippen molar-refractivity contribution in [2.75, 3.05) is 0 Å². The van der Waals surface area contributed by atoms with Crippen molar-refractivity contribution in [2.45, 2.75) is 0 Å². The highest BCUT2D eigenvalue weighted by Gasteiger charge is 2.18. The predicted molar refractivity (Wildman–Crippen MR) is 232 cm³/mol. The molecule has 4 heteroatoms. The molecule has 0 aliphatic rings. The van der Waals surface area contributed by atoms with Gasteiger partial charge in [-0.2, -0.15) is 0 Å². The van der Waals surface area contributed by atoms with Crippen LogP contribution in [0.1, 0.15) is 0 Å². The zero-order chi connectivity index (χ0) is 37.0. The Balaban J connectivity index is 1.08. The fourth-order valence-corrected chi connectivity index (χ4v) is 8.33. The molecule has 0 bridgehead atoms. The standard InChI is InChI=1S/C52H34N4/c1-4-14-35(15-5-1)40-31-46(36-16-6-2-7-17-36)54-47(32-40)39-18-12-21-42(30-39)56-49-24-13-29-53-52(49)45-28-26-38(34-51(45)56)37-25-27-44-43-22-10-11-23-48(43)55(50(44)33-37)41-19-8-3-9-20-41/h1-34H. The molecule has 0 unspecified atom stereocenters. The first-order valence-corrected chi connectivity index (χ1v) is 19.0. The van der Waals surface area contributed by atoms with Crippen LogP contribution in [-0.2, 0) is 0 Å². The summed E-state index contributed by atoms with van der Waals surface area (Å²) in [5, 5.41) is 3.61. The molecule has 0 spiro atoms. The second kappa shape index (κ2) is 13.1. The highest BCUT2D eigenvalue weighted by molar-refractivity contribution is 6.11. The topological polar surface area (TPSA) is 35.6 Å². The van der Waals surface area contributed by atoms with Crippen LogP contribution in [0.2, 0.25) is 0 Å². The Bertz CT molecular complexity index is 3170. The zero-order valence-electron chi connectivity index (χ0n) is 30.4. The number of pyridine rings is 2. The van der Waals surface area contributed by atoms with Gasteiger partial charge in [-0.15, -0.1) is 0 Å². The van der Waals surface area contributed by atoms with Crippen molar-refractivity contribution in [3.63, 3.8) is 0 Å². The van der Waals surface area contributed by atoms with E-state index in [1.54, 1.807) is 0 Å². The third-order valence-corrected chi connectivity index (χ3v) is 10.9. The minimum atomic E-state index is 0.925. The van der Waals surface area contributed by atoms with Crippen LogP contribution in [-0.4, -0.2) is 19.1 Å². The molecule has 0 N–H and O–H groups in total. The molecule has 262 valence electrons.